The molecule has 1 N–H and O–H groups in total. The summed E-state index contributed by atoms with van der Waals surface area (Å²) in [6, 6.07) is 14.8. The molecular formula is C17H13FN2O. The third kappa shape index (κ3) is 2.63. The molecule has 0 radical (unpaired) electrons. The second kappa shape index (κ2) is 5.02. The van der Waals surface area contributed by atoms with E-state index in [1.165, 1.54) is 12.1 Å². The summed E-state index contributed by atoms with van der Waals surface area (Å²) in [4.78, 5) is 12.3. The van der Waals surface area contributed by atoms with Crippen molar-refractivity contribution in [1.29, 1.82) is 5.26 Å². The summed E-state index contributed by atoms with van der Waals surface area (Å²) in [7, 11) is 0. The average molecular weight is 280 g/mol. The molecule has 104 valence electrons. The normalized spacial score (nSPS) is 15.0. The van der Waals surface area contributed by atoms with E-state index in [1.807, 2.05) is 6.07 Å². The van der Waals surface area contributed by atoms with Crippen LogP contribution < -0.4 is 5.32 Å². The number of rotatable bonds is 3. The van der Waals surface area contributed by atoms with E-state index in [0.717, 1.165) is 18.4 Å². The predicted molar refractivity (Wildman–Crippen MR) is 75.9 cm³/mol. The van der Waals surface area contributed by atoms with Gasteiger partial charge in [0.05, 0.1) is 17.2 Å². The van der Waals surface area contributed by atoms with Crippen molar-refractivity contribution < 1.29 is 9.18 Å². The lowest BCUT2D eigenvalue weighted by atomic mass is 10.0. The Morgan fingerprint density at radius 3 is 2.24 bits per heavy atom. The summed E-state index contributed by atoms with van der Waals surface area (Å²) in [6.07, 6.45) is 1.70. The highest BCUT2D eigenvalue weighted by Crippen LogP contribution is 2.45. The Morgan fingerprint density at radius 1 is 1.10 bits per heavy atom. The van der Waals surface area contributed by atoms with Gasteiger partial charge in [-0.3, -0.25) is 4.79 Å². The monoisotopic (exact) mass is 280 g/mol. The van der Waals surface area contributed by atoms with Gasteiger partial charge < -0.3 is 5.32 Å². The molecule has 4 heteroatoms. The van der Waals surface area contributed by atoms with E-state index in [1.54, 1.807) is 36.4 Å². The predicted octanol–water partition coefficient (Wildman–Crippen LogP) is 3.12. The third-order valence-corrected chi connectivity index (χ3v) is 3.78. The lowest BCUT2D eigenvalue weighted by Crippen LogP contribution is -2.34. The highest BCUT2D eigenvalue weighted by molar-refractivity contribution is 5.95. The Kier molecular flexibility index (Phi) is 3.19. The van der Waals surface area contributed by atoms with Crippen molar-refractivity contribution in [2.75, 3.05) is 0 Å². The number of hydrogen-bond acceptors (Lipinski definition) is 2. The van der Waals surface area contributed by atoms with E-state index in [4.69, 9.17) is 5.26 Å². The summed E-state index contributed by atoms with van der Waals surface area (Å²) in [5.74, 6) is -0.464. The standard InChI is InChI=1S/C17H13FN2O/c18-15-7-5-14(6-8-15)17(9-10-17)20-16(21)13-3-1-12(11-19)2-4-13/h1-8H,9-10H2,(H,20,21). The van der Waals surface area contributed by atoms with Crippen LogP contribution in [0.15, 0.2) is 48.5 Å². The smallest absolute Gasteiger partial charge is 0.251 e. The molecule has 0 heterocycles. The number of amides is 1. The van der Waals surface area contributed by atoms with Gasteiger partial charge in [0.2, 0.25) is 0 Å². The summed E-state index contributed by atoms with van der Waals surface area (Å²) >= 11 is 0. The van der Waals surface area contributed by atoms with E-state index in [-0.39, 0.29) is 17.3 Å². The minimum Gasteiger partial charge on any atom is -0.343 e. The maximum Gasteiger partial charge on any atom is 0.251 e. The largest absolute Gasteiger partial charge is 0.343 e. The summed E-state index contributed by atoms with van der Waals surface area (Å²) < 4.78 is 13.0. The van der Waals surface area contributed by atoms with Crippen molar-refractivity contribution in [3.8, 4) is 6.07 Å². The van der Waals surface area contributed by atoms with Gasteiger partial charge >= 0.3 is 0 Å². The number of carbonyl (C=O) groups excluding carboxylic acids is 1. The minimum absolute atomic E-state index is 0.179. The maximum absolute atomic E-state index is 13.0. The van der Waals surface area contributed by atoms with Crippen LogP contribution in [0.25, 0.3) is 0 Å². The zero-order valence-corrected chi connectivity index (χ0v) is 11.3. The van der Waals surface area contributed by atoms with Crippen molar-refractivity contribution in [2.45, 2.75) is 18.4 Å². The van der Waals surface area contributed by atoms with Crippen LogP contribution in [0.5, 0.6) is 0 Å². The Hall–Kier alpha value is -2.67. The highest BCUT2D eigenvalue weighted by Gasteiger charge is 2.45. The second-order valence-electron chi connectivity index (χ2n) is 5.23. The number of benzene rings is 2. The molecule has 1 saturated carbocycles. The molecule has 0 unspecified atom stereocenters. The fourth-order valence-corrected chi connectivity index (χ4v) is 2.37. The van der Waals surface area contributed by atoms with Gasteiger partial charge in [0.1, 0.15) is 5.82 Å². The Labute approximate surface area is 122 Å². The van der Waals surface area contributed by atoms with Gasteiger partial charge in [-0.2, -0.15) is 5.26 Å². The molecule has 1 fully saturated rings. The molecule has 1 aliphatic rings. The van der Waals surface area contributed by atoms with E-state index in [2.05, 4.69) is 5.32 Å². The van der Waals surface area contributed by atoms with Gasteiger partial charge in [0, 0.05) is 5.56 Å². The van der Waals surface area contributed by atoms with Crippen molar-refractivity contribution in [2.24, 2.45) is 0 Å². The molecule has 3 nitrogen and oxygen atoms in total. The molecule has 0 aromatic heterocycles. The molecule has 3 rings (SSSR count). The number of nitriles is 1. The minimum atomic E-state index is -0.376. The maximum atomic E-state index is 13.0. The fourth-order valence-electron chi connectivity index (χ4n) is 2.37. The number of nitrogens with zero attached hydrogens (tertiary/aromatic N) is 1. The van der Waals surface area contributed by atoms with E-state index in [0.29, 0.717) is 11.1 Å². The van der Waals surface area contributed by atoms with Crippen LogP contribution in [0.2, 0.25) is 0 Å². The lowest BCUT2D eigenvalue weighted by Gasteiger charge is -2.18. The SMILES string of the molecule is N#Cc1ccc(C(=O)NC2(c3ccc(F)cc3)CC2)cc1. The van der Waals surface area contributed by atoms with Crippen LogP contribution >= 0.6 is 0 Å². The summed E-state index contributed by atoms with van der Waals surface area (Å²) in [5, 5.41) is 11.8. The lowest BCUT2D eigenvalue weighted by molar-refractivity contribution is 0.0931. The molecule has 0 atom stereocenters. The molecule has 1 amide bonds. The van der Waals surface area contributed by atoms with Crippen LogP contribution in [0.1, 0.15) is 34.3 Å². The van der Waals surface area contributed by atoms with Gasteiger partial charge in [0.15, 0.2) is 0 Å². The first kappa shape index (κ1) is 13.3. The number of nitrogens with one attached hydrogen (secondary N) is 1. The molecule has 0 saturated heterocycles. The van der Waals surface area contributed by atoms with Gasteiger partial charge in [-0.15, -0.1) is 0 Å². The first-order chi connectivity index (χ1) is 10.1. The van der Waals surface area contributed by atoms with Gasteiger partial charge in [-0.05, 0) is 54.8 Å². The second-order valence-corrected chi connectivity index (χ2v) is 5.23. The molecule has 0 aliphatic heterocycles. The molecule has 0 spiro atoms. The number of carbonyl (C=O) groups is 1. The first-order valence-electron chi connectivity index (χ1n) is 6.72. The van der Waals surface area contributed by atoms with Gasteiger partial charge in [-0.1, -0.05) is 12.1 Å². The Bertz CT molecular complexity index is 710. The number of hydrogen-bond donors (Lipinski definition) is 1. The molecule has 2 aromatic carbocycles. The van der Waals surface area contributed by atoms with Crippen LogP contribution in [0.4, 0.5) is 4.39 Å². The third-order valence-electron chi connectivity index (χ3n) is 3.78. The summed E-state index contributed by atoms with van der Waals surface area (Å²) in [5.41, 5.74) is 1.58. The average Bonchev–Trinajstić information content (AvgIpc) is 3.28. The van der Waals surface area contributed by atoms with Crippen molar-refractivity contribution >= 4 is 5.91 Å². The van der Waals surface area contributed by atoms with Crippen LogP contribution in [0, 0.1) is 17.1 Å². The van der Waals surface area contributed by atoms with Crippen LogP contribution in [-0.2, 0) is 5.54 Å². The Morgan fingerprint density at radius 2 is 1.71 bits per heavy atom. The van der Waals surface area contributed by atoms with Crippen LogP contribution in [-0.4, -0.2) is 5.91 Å². The molecule has 2 aromatic rings. The van der Waals surface area contributed by atoms with Crippen LogP contribution in [0.3, 0.4) is 0 Å². The van der Waals surface area contributed by atoms with E-state index >= 15 is 0 Å². The zero-order chi connectivity index (χ0) is 14.9. The molecule has 0 bridgehead atoms. The molecule has 21 heavy (non-hydrogen) atoms. The zero-order valence-electron chi connectivity index (χ0n) is 11.3. The van der Waals surface area contributed by atoms with Crippen molar-refractivity contribution in [3.05, 3.63) is 71.0 Å². The van der Waals surface area contributed by atoms with E-state index < -0.39 is 0 Å². The molecule has 1 aliphatic carbocycles. The summed E-state index contributed by atoms with van der Waals surface area (Å²) in [6.45, 7) is 0. The Balaban J connectivity index is 1.77. The number of halogens is 1. The van der Waals surface area contributed by atoms with Crippen molar-refractivity contribution in [3.63, 3.8) is 0 Å². The van der Waals surface area contributed by atoms with Gasteiger partial charge in [-0.25, -0.2) is 4.39 Å². The van der Waals surface area contributed by atoms with E-state index in [9.17, 15) is 9.18 Å². The van der Waals surface area contributed by atoms with Crippen molar-refractivity contribution in [1.82, 2.24) is 5.32 Å². The first-order valence-corrected chi connectivity index (χ1v) is 6.72. The van der Waals surface area contributed by atoms with Gasteiger partial charge in [0.25, 0.3) is 5.91 Å². The topological polar surface area (TPSA) is 52.9 Å². The molecular weight excluding hydrogens is 267 g/mol. The fraction of sp³-hybridized carbons (Fsp3) is 0.176. The highest BCUT2D eigenvalue weighted by atomic mass is 19.1. The quantitative estimate of drug-likeness (QED) is 0.939.